The Kier molecular flexibility index (Phi) is 3.72. The Morgan fingerprint density at radius 1 is 1.00 bits per heavy atom. The molecule has 1 aromatic carbocycles. The number of hydrogen-bond donors (Lipinski definition) is 0. The van der Waals surface area contributed by atoms with Crippen molar-refractivity contribution in [2.24, 2.45) is 23.7 Å². The van der Waals surface area contributed by atoms with E-state index in [1.807, 2.05) is 12.2 Å². The minimum atomic E-state index is -0.562. The summed E-state index contributed by atoms with van der Waals surface area (Å²) >= 11 is 0. The summed E-state index contributed by atoms with van der Waals surface area (Å²) in [6.45, 7) is 10.0. The molecular formula is C23H28O3. The summed E-state index contributed by atoms with van der Waals surface area (Å²) in [6.07, 6.45) is 8.17. The van der Waals surface area contributed by atoms with E-state index in [9.17, 15) is 0 Å². The van der Waals surface area contributed by atoms with Gasteiger partial charge in [0.2, 0.25) is 0 Å². The van der Waals surface area contributed by atoms with Crippen LogP contribution in [-0.2, 0) is 20.6 Å². The molecule has 0 amide bonds. The van der Waals surface area contributed by atoms with Crippen molar-refractivity contribution in [2.45, 2.75) is 56.4 Å². The highest BCUT2D eigenvalue weighted by atomic mass is 16.8. The Morgan fingerprint density at radius 2 is 1.65 bits per heavy atom. The Labute approximate surface area is 156 Å². The van der Waals surface area contributed by atoms with Gasteiger partial charge in [-0.15, -0.1) is 13.2 Å². The molecule has 3 saturated heterocycles. The van der Waals surface area contributed by atoms with Crippen LogP contribution in [-0.4, -0.2) is 23.8 Å². The van der Waals surface area contributed by atoms with Gasteiger partial charge in [0, 0.05) is 18.3 Å². The highest BCUT2D eigenvalue weighted by Gasteiger charge is 2.77. The van der Waals surface area contributed by atoms with Crippen molar-refractivity contribution in [1.29, 1.82) is 0 Å². The molecule has 3 heterocycles. The lowest BCUT2D eigenvalue weighted by Gasteiger charge is -2.33. The molecule has 0 unspecified atom stereocenters. The molecule has 138 valence electrons. The van der Waals surface area contributed by atoms with Crippen LogP contribution in [0.4, 0.5) is 0 Å². The molecule has 0 N–H and O–H groups in total. The van der Waals surface area contributed by atoms with Crippen molar-refractivity contribution in [2.75, 3.05) is 0 Å². The smallest absolute Gasteiger partial charge is 0.179 e. The highest BCUT2D eigenvalue weighted by Crippen LogP contribution is 2.70. The van der Waals surface area contributed by atoms with Gasteiger partial charge >= 0.3 is 0 Å². The van der Waals surface area contributed by atoms with E-state index in [4.69, 9.17) is 14.2 Å². The lowest BCUT2D eigenvalue weighted by atomic mass is 9.79. The monoisotopic (exact) mass is 352 g/mol. The molecule has 5 rings (SSSR count). The third-order valence-electron chi connectivity index (χ3n) is 7.13. The van der Waals surface area contributed by atoms with Gasteiger partial charge in [-0.25, -0.2) is 0 Å². The highest BCUT2D eigenvalue weighted by molar-refractivity contribution is 5.23. The standard InChI is InChI=1S/C23H28O3/c1-4-9-18-16-13-17-19(10-5-2)25-23(14-15-11-7-6-8-12-15)21(17)20(16)22(3,24-18)26-23/h4-8,11-12,16-21H,1-2,9-10,13-14H2,3H3/t16-,17+,18-,19+,20+,21-,22-,23+/m0/s1. The van der Waals surface area contributed by atoms with Crippen LogP contribution in [0.3, 0.4) is 0 Å². The van der Waals surface area contributed by atoms with Gasteiger partial charge in [-0.1, -0.05) is 42.5 Å². The molecule has 1 saturated carbocycles. The topological polar surface area (TPSA) is 27.7 Å². The maximum Gasteiger partial charge on any atom is 0.179 e. The summed E-state index contributed by atoms with van der Waals surface area (Å²) in [6, 6.07) is 10.6. The summed E-state index contributed by atoms with van der Waals surface area (Å²) in [7, 11) is 0. The lowest BCUT2D eigenvalue weighted by Crippen LogP contribution is -2.41. The van der Waals surface area contributed by atoms with Crippen LogP contribution in [0.15, 0.2) is 55.6 Å². The summed E-state index contributed by atoms with van der Waals surface area (Å²) in [4.78, 5) is 0. The molecule has 0 aromatic heterocycles. The van der Waals surface area contributed by atoms with Gasteiger partial charge in [-0.2, -0.15) is 0 Å². The van der Waals surface area contributed by atoms with E-state index >= 15 is 0 Å². The summed E-state index contributed by atoms with van der Waals surface area (Å²) in [5.41, 5.74) is 1.26. The van der Waals surface area contributed by atoms with E-state index in [1.165, 1.54) is 12.0 Å². The van der Waals surface area contributed by atoms with Crippen LogP contribution in [0.2, 0.25) is 0 Å². The van der Waals surface area contributed by atoms with Crippen molar-refractivity contribution >= 4 is 0 Å². The average Bonchev–Trinajstić information content (AvgIpc) is 3.27. The average molecular weight is 352 g/mol. The molecule has 0 spiro atoms. The Hall–Kier alpha value is -1.42. The van der Waals surface area contributed by atoms with E-state index in [-0.39, 0.29) is 12.2 Å². The minimum absolute atomic E-state index is 0.209. The van der Waals surface area contributed by atoms with Crippen LogP contribution in [0.1, 0.15) is 31.7 Å². The molecule has 26 heavy (non-hydrogen) atoms. The largest absolute Gasteiger partial charge is 0.346 e. The molecule has 1 aliphatic carbocycles. The van der Waals surface area contributed by atoms with Gasteiger partial charge < -0.3 is 14.2 Å². The lowest BCUT2D eigenvalue weighted by molar-refractivity contribution is -0.317. The van der Waals surface area contributed by atoms with Crippen LogP contribution >= 0.6 is 0 Å². The molecule has 4 fully saturated rings. The Morgan fingerprint density at radius 3 is 2.35 bits per heavy atom. The first-order valence-electron chi connectivity index (χ1n) is 9.92. The zero-order valence-electron chi connectivity index (χ0n) is 15.5. The molecule has 0 bridgehead atoms. The molecule has 0 radical (unpaired) electrons. The fourth-order valence-electron chi connectivity index (χ4n) is 6.49. The van der Waals surface area contributed by atoms with Crippen molar-refractivity contribution in [3.8, 4) is 0 Å². The number of ether oxygens (including phenoxy) is 3. The van der Waals surface area contributed by atoms with Crippen molar-refractivity contribution in [3.63, 3.8) is 0 Å². The molecule has 8 atom stereocenters. The SMILES string of the molecule is C=CC[C@@H]1O[C@@]2(C)O[C@@]3(Cc4ccccc4)O[C@H](CC=C)[C@H]4C[C@@H]1[C@@H]2[C@H]43. The molecular weight excluding hydrogens is 324 g/mol. The van der Waals surface area contributed by atoms with Gasteiger partial charge in [0.15, 0.2) is 11.6 Å². The first kappa shape index (κ1) is 16.7. The molecule has 1 aromatic rings. The molecule has 4 aliphatic rings. The van der Waals surface area contributed by atoms with Crippen LogP contribution < -0.4 is 0 Å². The first-order chi connectivity index (χ1) is 12.6. The van der Waals surface area contributed by atoms with E-state index in [0.29, 0.717) is 23.7 Å². The minimum Gasteiger partial charge on any atom is -0.346 e. The van der Waals surface area contributed by atoms with Crippen molar-refractivity contribution in [1.82, 2.24) is 0 Å². The number of benzene rings is 1. The molecule has 3 heteroatoms. The zero-order chi connectivity index (χ0) is 17.9. The number of rotatable bonds is 6. The van der Waals surface area contributed by atoms with Gasteiger partial charge in [-0.05, 0) is 43.6 Å². The van der Waals surface area contributed by atoms with E-state index in [2.05, 4.69) is 50.4 Å². The Bertz CT molecular complexity index is 715. The van der Waals surface area contributed by atoms with Crippen LogP contribution in [0, 0.1) is 23.7 Å². The summed E-state index contributed by atoms with van der Waals surface area (Å²) in [5.74, 6) is 0.790. The van der Waals surface area contributed by atoms with Crippen molar-refractivity contribution < 1.29 is 14.2 Å². The second-order valence-electron chi connectivity index (χ2n) is 8.57. The maximum atomic E-state index is 6.73. The third-order valence-corrected chi connectivity index (χ3v) is 7.13. The first-order valence-corrected chi connectivity index (χ1v) is 9.92. The predicted octanol–water partition coefficient (Wildman–Crippen LogP) is 4.49. The fourth-order valence-corrected chi connectivity index (χ4v) is 6.49. The van der Waals surface area contributed by atoms with E-state index in [1.54, 1.807) is 0 Å². The van der Waals surface area contributed by atoms with Crippen LogP contribution in [0.5, 0.6) is 0 Å². The van der Waals surface area contributed by atoms with E-state index < -0.39 is 11.6 Å². The zero-order valence-corrected chi connectivity index (χ0v) is 15.5. The predicted molar refractivity (Wildman–Crippen MR) is 100 cm³/mol. The second-order valence-corrected chi connectivity index (χ2v) is 8.57. The molecule has 3 aliphatic heterocycles. The summed E-state index contributed by atoms with van der Waals surface area (Å²) in [5, 5.41) is 0. The second kappa shape index (κ2) is 5.79. The normalized spacial score (nSPS) is 47.9. The van der Waals surface area contributed by atoms with Gasteiger partial charge in [0.1, 0.15) is 0 Å². The Balaban J connectivity index is 1.53. The van der Waals surface area contributed by atoms with E-state index in [0.717, 1.165) is 19.3 Å². The summed E-state index contributed by atoms with van der Waals surface area (Å²) < 4.78 is 19.9. The van der Waals surface area contributed by atoms with Crippen LogP contribution in [0.25, 0.3) is 0 Å². The van der Waals surface area contributed by atoms with Gasteiger partial charge in [0.05, 0.1) is 12.2 Å². The maximum absolute atomic E-state index is 6.73. The fraction of sp³-hybridized carbons (Fsp3) is 0.565. The van der Waals surface area contributed by atoms with Gasteiger partial charge in [-0.3, -0.25) is 0 Å². The van der Waals surface area contributed by atoms with Crippen molar-refractivity contribution in [3.05, 3.63) is 61.2 Å². The number of hydrogen-bond acceptors (Lipinski definition) is 3. The third kappa shape index (κ3) is 2.17. The molecule has 3 nitrogen and oxygen atoms in total. The van der Waals surface area contributed by atoms with Gasteiger partial charge in [0.25, 0.3) is 0 Å². The quantitative estimate of drug-likeness (QED) is 0.706.